The fourth-order valence-electron chi connectivity index (χ4n) is 2.10. The molecule has 17 heavy (non-hydrogen) atoms. The van der Waals surface area contributed by atoms with Gasteiger partial charge < -0.3 is 14.8 Å². The molecule has 0 heterocycles. The van der Waals surface area contributed by atoms with Crippen LogP contribution in [0.4, 0.5) is 0 Å². The van der Waals surface area contributed by atoms with E-state index in [2.05, 4.69) is 5.32 Å². The van der Waals surface area contributed by atoms with Crippen LogP contribution < -0.4 is 5.32 Å². The summed E-state index contributed by atoms with van der Waals surface area (Å²) in [6, 6.07) is 0.170. The Morgan fingerprint density at radius 3 is 2.41 bits per heavy atom. The molecule has 1 saturated carbocycles. The van der Waals surface area contributed by atoms with Gasteiger partial charge in [-0.1, -0.05) is 0 Å². The van der Waals surface area contributed by atoms with Crippen molar-refractivity contribution in [3.05, 3.63) is 0 Å². The molecule has 0 unspecified atom stereocenters. The van der Waals surface area contributed by atoms with Crippen molar-refractivity contribution >= 4 is 11.9 Å². The number of hydrogen-bond donors (Lipinski definition) is 1. The summed E-state index contributed by atoms with van der Waals surface area (Å²) < 4.78 is 9.74. The summed E-state index contributed by atoms with van der Waals surface area (Å²) in [6.07, 6.45) is 3.23. The lowest BCUT2D eigenvalue weighted by Gasteiger charge is -2.27. The summed E-state index contributed by atoms with van der Waals surface area (Å²) in [7, 11) is 1.41. The summed E-state index contributed by atoms with van der Waals surface area (Å²) in [5.41, 5.74) is 0. The third kappa shape index (κ3) is 4.73. The topological polar surface area (TPSA) is 64.6 Å². The minimum absolute atomic E-state index is 0.0000406. The molecule has 1 amide bonds. The number of carbonyl (C=O) groups is 2. The third-order valence-corrected chi connectivity index (χ3v) is 3.06. The van der Waals surface area contributed by atoms with Crippen LogP contribution in [0.2, 0.25) is 0 Å². The van der Waals surface area contributed by atoms with Gasteiger partial charge in [0.15, 0.2) is 0 Å². The second kappa shape index (κ2) is 7.27. The number of esters is 1. The van der Waals surface area contributed by atoms with Gasteiger partial charge in [0, 0.05) is 12.6 Å². The fraction of sp³-hybridized carbons (Fsp3) is 0.833. The molecular formula is C12H21NO4. The first-order valence-corrected chi connectivity index (χ1v) is 6.12. The largest absolute Gasteiger partial charge is 0.469 e. The zero-order valence-electron chi connectivity index (χ0n) is 10.5. The molecular weight excluding hydrogens is 222 g/mol. The van der Waals surface area contributed by atoms with Crippen molar-refractivity contribution in [3.8, 4) is 0 Å². The highest BCUT2D eigenvalue weighted by molar-refractivity contribution is 5.77. The first-order chi connectivity index (χ1) is 8.17. The standard InChI is InChI=1S/C12H21NO4/c1-3-17-8-11(14)13-10-6-4-9(5-7-10)12(15)16-2/h9-10H,3-8H2,1-2H3,(H,13,14). The normalized spacial score (nSPS) is 24.1. The van der Waals surface area contributed by atoms with Crippen LogP contribution in [0.1, 0.15) is 32.6 Å². The average Bonchev–Trinajstić information content (AvgIpc) is 2.36. The smallest absolute Gasteiger partial charge is 0.308 e. The van der Waals surface area contributed by atoms with Crippen LogP contribution in [0.15, 0.2) is 0 Å². The highest BCUT2D eigenvalue weighted by atomic mass is 16.5. The van der Waals surface area contributed by atoms with E-state index in [9.17, 15) is 9.59 Å². The molecule has 1 aliphatic rings. The zero-order valence-corrected chi connectivity index (χ0v) is 10.5. The summed E-state index contributed by atoms with van der Waals surface area (Å²) in [6.45, 7) is 2.52. The first-order valence-electron chi connectivity index (χ1n) is 6.12. The lowest BCUT2D eigenvalue weighted by molar-refractivity contribution is -0.146. The van der Waals surface area contributed by atoms with Crippen molar-refractivity contribution in [2.24, 2.45) is 5.92 Å². The minimum atomic E-state index is -0.135. The van der Waals surface area contributed by atoms with E-state index in [1.807, 2.05) is 6.92 Å². The van der Waals surface area contributed by atoms with E-state index in [-0.39, 0.29) is 30.4 Å². The van der Waals surface area contributed by atoms with E-state index in [1.54, 1.807) is 0 Å². The number of carbonyl (C=O) groups excluding carboxylic acids is 2. The molecule has 0 bridgehead atoms. The van der Waals surface area contributed by atoms with Crippen LogP contribution in [0.3, 0.4) is 0 Å². The molecule has 0 saturated heterocycles. The van der Waals surface area contributed by atoms with Crippen molar-refractivity contribution in [2.75, 3.05) is 20.3 Å². The Balaban J connectivity index is 2.23. The van der Waals surface area contributed by atoms with E-state index in [4.69, 9.17) is 9.47 Å². The summed E-state index contributed by atoms with van der Waals surface area (Å²) in [5.74, 6) is -0.211. The number of hydrogen-bond acceptors (Lipinski definition) is 4. The Morgan fingerprint density at radius 1 is 1.24 bits per heavy atom. The fourth-order valence-corrected chi connectivity index (χ4v) is 2.10. The Hall–Kier alpha value is -1.10. The molecule has 0 radical (unpaired) electrons. The second-order valence-corrected chi connectivity index (χ2v) is 4.28. The van der Waals surface area contributed by atoms with E-state index in [1.165, 1.54) is 7.11 Å². The van der Waals surface area contributed by atoms with Crippen molar-refractivity contribution < 1.29 is 19.1 Å². The summed E-state index contributed by atoms with van der Waals surface area (Å²) in [4.78, 5) is 22.7. The Labute approximate surface area is 102 Å². The highest BCUT2D eigenvalue weighted by Crippen LogP contribution is 2.25. The molecule has 98 valence electrons. The van der Waals surface area contributed by atoms with E-state index in [0.29, 0.717) is 6.61 Å². The maximum Gasteiger partial charge on any atom is 0.308 e. The number of amides is 1. The number of ether oxygens (including phenoxy) is 2. The zero-order chi connectivity index (χ0) is 12.7. The molecule has 5 heteroatoms. The molecule has 0 aromatic heterocycles. The van der Waals surface area contributed by atoms with Gasteiger partial charge in [-0.2, -0.15) is 0 Å². The van der Waals surface area contributed by atoms with Crippen LogP contribution in [0.25, 0.3) is 0 Å². The first kappa shape index (κ1) is 14.0. The number of methoxy groups -OCH3 is 1. The van der Waals surface area contributed by atoms with Crippen molar-refractivity contribution in [1.29, 1.82) is 0 Å². The molecule has 5 nitrogen and oxygen atoms in total. The summed E-state index contributed by atoms with van der Waals surface area (Å²) >= 11 is 0. The SMILES string of the molecule is CCOCC(=O)NC1CCC(C(=O)OC)CC1. The molecule has 0 aromatic rings. The van der Waals surface area contributed by atoms with Gasteiger partial charge in [0.1, 0.15) is 6.61 Å². The quantitative estimate of drug-likeness (QED) is 0.728. The number of rotatable bonds is 5. The lowest BCUT2D eigenvalue weighted by Crippen LogP contribution is -2.40. The molecule has 0 atom stereocenters. The third-order valence-electron chi connectivity index (χ3n) is 3.06. The van der Waals surface area contributed by atoms with Crippen molar-refractivity contribution in [2.45, 2.75) is 38.6 Å². The van der Waals surface area contributed by atoms with Crippen molar-refractivity contribution in [3.63, 3.8) is 0 Å². The van der Waals surface area contributed by atoms with Crippen LogP contribution in [0, 0.1) is 5.92 Å². The van der Waals surface area contributed by atoms with Crippen LogP contribution >= 0.6 is 0 Å². The highest BCUT2D eigenvalue weighted by Gasteiger charge is 2.27. The lowest BCUT2D eigenvalue weighted by atomic mass is 9.86. The molecule has 0 spiro atoms. The maximum absolute atomic E-state index is 11.4. The molecule has 1 aliphatic carbocycles. The van der Waals surface area contributed by atoms with E-state index < -0.39 is 0 Å². The minimum Gasteiger partial charge on any atom is -0.469 e. The van der Waals surface area contributed by atoms with Gasteiger partial charge in [0.25, 0.3) is 0 Å². The van der Waals surface area contributed by atoms with Crippen LogP contribution in [-0.2, 0) is 19.1 Å². The second-order valence-electron chi connectivity index (χ2n) is 4.28. The van der Waals surface area contributed by atoms with Gasteiger partial charge in [-0.3, -0.25) is 9.59 Å². The van der Waals surface area contributed by atoms with Crippen molar-refractivity contribution in [1.82, 2.24) is 5.32 Å². The molecule has 1 rings (SSSR count). The Bertz CT molecular complexity index is 259. The monoisotopic (exact) mass is 243 g/mol. The van der Waals surface area contributed by atoms with Crippen LogP contribution in [-0.4, -0.2) is 38.2 Å². The van der Waals surface area contributed by atoms with Gasteiger partial charge in [0.2, 0.25) is 5.91 Å². The van der Waals surface area contributed by atoms with E-state index in [0.717, 1.165) is 25.7 Å². The molecule has 1 fully saturated rings. The Morgan fingerprint density at radius 2 is 1.88 bits per heavy atom. The molecule has 1 N–H and O–H groups in total. The summed E-state index contributed by atoms with van der Waals surface area (Å²) in [5, 5.41) is 2.92. The van der Waals surface area contributed by atoms with Gasteiger partial charge >= 0.3 is 5.97 Å². The van der Waals surface area contributed by atoms with Gasteiger partial charge in [0.05, 0.1) is 13.0 Å². The van der Waals surface area contributed by atoms with Gasteiger partial charge in [-0.15, -0.1) is 0 Å². The van der Waals surface area contributed by atoms with Gasteiger partial charge in [-0.25, -0.2) is 0 Å². The Kier molecular flexibility index (Phi) is 5.97. The van der Waals surface area contributed by atoms with Crippen LogP contribution in [0.5, 0.6) is 0 Å². The average molecular weight is 243 g/mol. The molecule has 0 aromatic carbocycles. The predicted octanol–water partition coefficient (Wildman–Crippen LogP) is 0.871. The van der Waals surface area contributed by atoms with Gasteiger partial charge in [-0.05, 0) is 32.6 Å². The number of nitrogens with one attached hydrogen (secondary N) is 1. The molecule has 0 aliphatic heterocycles. The maximum atomic E-state index is 11.4. The van der Waals surface area contributed by atoms with E-state index >= 15 is 0 Å². The predicted molar refractivity (Wildman–Crippen MR) is 62.4 cm³/mol.